The van der Waals surface area contributed by atoms with E-state index < -0.39 is 0 Å². The van der Waals surface area contributed by atoms with Gasteiger partial charge < -0.3 is 5.32 Å². The van der Waals surface area contributed by atoms with Crippen LogP contribution in [0.1, 0.15) is 24.1 Å². The quantitative estimate of drug-likeness (QED) is 0.882. The van der Waals surface area contributed by atoms with E-state index in [9.17, 15) is 0 Å². The Labute approximate surface area is 104 Å². The van der Waals surface area contributed by atoms with Crippen LogP contribution in [0.2, 0.25) is 4.34 Å². The summed E-state index contributed by atoms with van der Waals surface area (Å²) < 4.78 is 0.825. The predicted octanol–water partition coefficient (Wildman–Crippen LogP) is 4.28. The van der Waals surface area contributed by atoms with Gasteiger partial charge in [-0.3, -0.25) is 4.98 Å². The number of aryl methyl sites for hydroxylation is 1. The number of anilines is 1. The van der Waals surface area contributed by atoms with Gasteiger partial charge in [0.1, 0.15) is 0 Å². The number of rotatable bonds is 3. The molecule has 0 radical (unpaired) electrons. The van der Waals surface area contributed by atoms with Crippen LogP contribution in [0.25, 0.3) is 0 Å². The summed E-state index contributed by atoms with van der Waals surface area (Å²) in [5.41, 5.74) is 3.40. The van der Waals surface area contributed by atoms with Gasteiger partial charge in [0, 0.05) is 18.4 Å². The maximum atomic E-state index is 5.91. The van der Waals surface area contributed by atoms with Gasteiger partial charge in [-0.25, -0.2) is 0 Å². The molecular weight excluding hydrogens is 240 g/mol. The summed E-state index contributed by atoms with van der Waals surface area (Å²) in [5.74, 6) is 0. The molecule has 0 bridgehead atoms. The van der Waals surface area contributed by atoms with Crippen molar-refractivity contribution in [3.05, 3.63) is 45.4 Å². The van der Waals surface area contributed by atoms with Gasteiger partial charge in [-0.1, -0.05) is 11.6 Å². The molecule has 0 aliphatic rings. The molecule has 16 heavy (non-hydrogen) atoms. The van der Waals surface area contributed by atoms with Crippen LogP contribution >= 0.6 is 22.9 Å². The van der Waals surface area contributed by atoms with E-state index in [1.807, 2.05) is 25.4 Å². The number of hydrogen-bond donors (Lipinski definition) is 1. The molecule has 0 spiro atoms. The third-order valence-corrected chi connectivity index (χ3v) is 3.46. The number of hydrogen-bond acceptors (Lipinski definition) is 3. The molecule has 0 amide bonds. The topological polar surface area (TPSA) is 24.9 Å². The van der Waals surface area contributed by atoms with Gasteiger partial charge >= 0.3 is 0 Å². The second-order valence-corrected chi connectivity index (χ2v) is 5.34. The van der Waals surface area contributed by atoms with Crippen molar-refractivity contribution in [3.63, 3.8) is 0 Å². The zero-order valence-electron chi connectivity index (χ0n) is 9.20. The Morgan fingerprint density at radius 3 is 2.81 bits per heavy atom. The van der Waals surface area contributed by atoms with E-state index in [1.54, 1.807) is 11.3 Å². The van der Waals surface area contributed by atoms with Gasteiger partial charge in [0.05, 0.1) is 10.0 Å². The summed E-state index contributed by atoms with van der Waals surface area (Å²) in [4.78, 5) is 4.15. The molecule has 0 saturated carbocycles. The summed E-state index contributed by atoms with van der Waals surface area (Å²) in [5, 5.41) is 5.47. The van der Waals surface area contributed by atoms with E-state index in [1.165, 1.54) is 5.56 Å². The van der Waals surface area contributed by atoms with Crippen molar-refractivity contribution < 1.29 is 0 Å². The lowest BCUT2D eigenvalue weighted by Gasteiger charge is -2.13. The molecule has 0 aliphatic heterocycles. The standard InChI is InChI=1S/C12H13ClN2S/c1-8-3-11(6-14-5-8)15-9(2)10-4-12(13)16-7-10/h3-7,9,15H,1-2H3. The molecule has 2 nitrogen and oxygen atoms in total. The summed E-state index contributed by atoms with van der Waals surface area (Å²) in [6.07, 6.45) is 3.68. The first-order chi connectivity index (χ1) is 7.65. The minimum absolute atomic E-state index is 0.243. The average molecular weight is 253 g/mol. The Morgan fingerprint density at radius 2 is 2.19 bits per heavy atom. The minimum atomic E-state index is 0.243. The molecule has 0 saturated heterocycles. The van der Waals surface area contributed by atoms with Crippen molar-refractivity contribution in [2.75, 3.05) is 5.32 Å². The van der Waals surface area contributed by atoms with Crippen molar-refractivity contribution in [1.29, 1.82) is 0 Å². The summed E-state index contributed by atoms with van der Waals surface area (Å²) in [6, 6.07) is 4.32. The molecule has 0 fully saturated rings. The van der Waals surface area contributed by atoms with Crippen LogP contribution in [0.15, 0.2) is 29.9 Å². The molecule has 2 heterocycles. The highest BCUT2D eigenvalue weighted by atomic mass is 35.5. The zero-order chi connectivity index (χ0) is 11.5. The number of nitrogens with one attached hydrogen (secondary N) is 1. The second kappa shape index (κ2) is 4.85. The molecule has 0 aromatic carbocycles. The van der Waals surface area contributed by atoms with Gasteiger partial charge in [0.2, 0.25) is 0 Å². The molecule has 2 rings (SSSR count). The smallest absolute Gasteiger partial charge is 0.0931 e. The first-order valence-corrected chi connectivity index (χ1v) is 6.33. The molecular formula is C12H13ClN2S. The van der Waals surface area contributed by atoms with Gasteiger partial charge in [-0.05, 0) is 42.5 Å². The maximum Gasteiger partial charge on any atom is 0.0931 e. The summed E-state index contributed by atoms with van der Waals surface area (Å²) in [7, 11) is 0. The predicted molar refractivity (Wildman–Crippen MR) is 70.3 cm³/mol. The van der Waals surface area contributed by atoms with Crippen LogP contribution < -0.4 is 5.32 Å². The van der Waals surface area contributed by atoms with Gasteiger partial charge in [-0.2, -0.15) is 0 Å². The number of thiophene rings is 1. The van der Waals surface area contributed by atoms with Crippen molar-refractivity contribution in [2.24, 2.45) is 0 Å². The van der Waals surface area contributed by atoms with Gasteiger partial charge in [0.25, 0.3) is 0 Å². The highest BCUT2D eigenvalue weighted by molar-refractivity contribution is 7.14. The first kappa shape index (κ1) is 11.4. The van der Waals surface area contributed by atoms with Crippen molar-refractivity contribution in [1.82, 2.24) is 4.98 Å². The van der Waals surface area contributed by atoms with Crippen LogP contribution in [0.5, 0.6) is 0 Å². The van der Waals surface area contributed by atoms with Crippen LogP contribution in [0.4, 0.5) is 5.69 Å². The van der Waals surface area contributed by atoms with E-state index in [0.29, 0.717) is 0 Å². The van der Waals surface area contributed by atoms with Crippen molar-refractivity contribution in [2.45, 2.75) is 19.9 Å². The zero-order valence-corrected chi connectivity index (χ0v) is 10.8. The molecule has 0 aliphatic carbocycles. The monoisotopic (exact) mass is 252 g/mol. The maximum absolute atomic E-state index is 5.91. The Hall–Kier alpha value is -1.06. The Bertz CT molecular complexity index is 481. The van der Waals surface area contributed by atoms with E-state index in [4.69, 9.17) is 11.6 Å². The average Bonchev–Trinajstić information content (AvgIpc) is 2.65. The highest BCUT2D eigenvalue weighted by Crippen LogP contribution is 2.26. The number of halogens is 1. The Morgan fingerprint density at radius 1 is 1.38 bits per heavy atom. The lowest BCUT2D eigenvalue weighted by atomic mass is 10.2. The lowest BCUT2D eigenvalue weighted by Crippen LogP contribution is -2.05. The molecule has 1 atom stereocenters. The molecule has 2 aromatic rings. The summed E-state index contributed by atoms with van der Waals surface area (Å²) >= 11 is 7.47. The van der Waals surface area contributed by atoms with E-state index >= 15 is 0 Å². The van der Waals surface area contributed by atoms with E-state index in [-0.39, 0.29) is 6.04 Å². The fraction of sp³-hybridized carbons (Fsp3) is 0.250. The third-order valence-electron chi connectivity index (χ3n) is 2.35. The molecule has 84 valence electrons. The molecule has 4 heteroatoms. The summed E-state index contributed by atoms with van der Waals surface area (Å²) in [6.45, 7) is 4.14. The number of aromatic nitrogens is 1. The highest BCUT2D eigenvalue weighted by Gasteiger charge is 2.07. The largest absolute Gasteiger partial charge is 0.377 e. The second-order valence-electron chi connectivity index (χ2n) is 3.80. The van der Waals surface area contributed by atoms with Gasteiger partial charge in [-0.15, -0.1) is 11.3 Å². The number of pyridine rings is 1. The molecule has 1 unspecified atom stereocenters. The van der Waals surface area contributed by atoms with Crippen LogP contribution in [-0.4, -0.2) is 4.98 Å². The molecule has 1 N–H and O–H groups in total. The lowest BCUT2D eigenvalue weighted by molar-refractivity contribution is 0.888. The SMILES string of the molecule is Cc1cncc(NC(C)c2csc(Cl)c2)c1. The Balaban J connectivity index is 2.10. The van der Waals surface area contributed by atoms with Crippen LogP contribution in [0, 0.1) is 6.92 Å². The van der Waals surface area contributed by atoms with Crippen molar-refractivity contribution >= 4 is 28.6 Å². The van der Waals surface area contributed by atoms with E-state index in [0.717, 1.165) is 15.6 Å². The third kappa shape index (κ3) is 2.74. The van der Waals surface area contributed by atoms with E-state index in [2.05, 4.69) is 28.7 Å². The normalized spacial score (nSPS) is 12.4. The fourth-order valence-corrected chi connectivity index (χ4v) is 2.50. The molecule has 2 aromatic heterocycles. The Kier molecular flexibility index (Phi) is 3.46. The fourth-order valence-electron chi connectivity index (χ4n) is 1.52. The van der Waals surface area contributed by atoms with Crippen LogP contribution in [0.3, 0.4) is 0 Å². The number of nitrogens with zero attached hydrogens (tertiary/aromatic N) is 1. The van der Waals surface area contributed by atoms with Crippen molar-refractivity contribution in [3.8, 4) is 0 Å². The van der Waals surface area contributed by atoms with Crippen LogP contribution in [-0.2, 0) is 0 Å². The first-order valence-electron chi connectivity index (χ1n) is 5.07. The minimum Gasteiger partial charge on any atom is -0.377 e. The van der Waals surface area contributed by atoms with Gasteiger partial charge in [0.15, 0.2) is 0 Å².